The number of piperazine rings is 1. The molecule has 1 fully saturated rings. The number of non-ortho nitro benzene ring substituents is 1. The zero-order valence-corrected chi connectivity index (χ0v) is 16.2. The molecule has 1 aromatic carbocycles. The molecule has 1 amide bonds. The Hall–Kier alpha value is -3.01. The van der Waals surface area contributed by atoms with Crippen LogP contribution in [0.25, 0.3) is 11.4 Å². The van der Waals surface area contributed by atoms with Gasteiger partial charge in [-0.1, -0.05) is 0 Å². The first-order valence-electron chi connectivity index (χ1n) is 9.08. The van der Waals surface area contributed by atoms with Crippen molar-refractivity contribution in [2.24, 2.45) is 0 Å². The third kappa shape index (κ3) is 5.03. The van der Waals surface area contributed by atoms with E-state index in [1.165, 1.54) is 12.1 Å². The first kappa shape index (κ1) is 19.7. The van der Waals surface area contributed by atoms with E-state index in [4.69, 9.17) is 4.74 Å². The summed E-state index contributed by atoms with van der Waals surface area (Å²) >= 11 is 0. The Bertz CT molecular complexity index is 835. The fraction of sp³-hybridized carbons (Fsp3) is 0.500. The van der Waals surface area contributed by atoms with Gasteiger partial charge < -0.3 is 9.64 Å². The molecule has 0 bridgehead atoms. The first-order chi connectivity index (χ1) is 13.2. The van der Waals surface area contributed by atoms with E-state index < -0.39 is 10.5 Å². The minimum atomic E-state index is -0.498. The van der Waals surface area contributed by atoms with Gasteiger partial charge in [0.1, 0.15) is 11.4 Å². The smallest absolute Gasteiger partial charge is 0.410 e. The van der Waals surface area contributed by atoms with E-state index >= 15 is 0 Å². The average molecular weight is 388 g/mol. The quantitative estimate of drug-likeness (QED) is 0.631. The summed E-state index contributed by atoms with van der Waals surface area (Å²) < 4.78 is 5.40. The Balaban J connectivity index is 1.53. The molecule has 10 nitrogen and oxygen atoms in total. The fourth-order valence-corrected chi connectivity index (χ4v) is 2.85. The summed E-state index contributed by atoms with van der Waals surface area (Å²) in [4.78, 5) is 30.8. The standard InChI is InChI=1S/C18H24N6O4/c1-18(2,3)28-17(25)23-10-8-22(9-11-23)12-15-19-16(21-20-15)13-4-6-14(7-5-13)24(26)27/h4-7H,8-12H2,1-3H3,(H,19,20,21). The lowest BCUT2D eigenvalue weighted by atomic mass is 10.2. The molecular formula is C18H24N6O4. The van der Waals surface area contributed by atoms with Crippen molar-refractivity contribution in [3.05, 3.63) is 40.2 Å². The van der Waals surface area contributed by atoms with Crippen LogP contribution in [-0.4, -0.2) is 67.8 Å². The SMILES string of the molecule is CC(C)(C)OC(=O)N1CCN(Cc2nc(-c3ccc([N+](=O)[O-])cc3)n[nH]2)CC1. The highest BCUT2D eigenvalue weighted by Gasteiger charge is 2.26. The van der Waals surface area contributed by atoms with Gasteiger partial charge in [0.25, 0.3) is 5.69 Å². The monoisotopic (exact) mass is 388 g/mol. The molecule has 0 aliphatic carbocycles. The van der Waals surface area contributed by atoms with Gasteiger partial charge in [-0.05, 0) is 32.9 Å². The molecule has 1 aliphatic heterocycles. The van der Waals surface area contributed by atoms with E-state index in [0.717, 1.165) is 0 Å². The van der Waals surface area contributed by atoms with Gasteiger partial charge in [0.05, 0.1) is 11.5 Å². The van der Waals surface area contributed by atoms with Crippen LogP contribution in [0.5, 0.6) is 0 Å². The normalized spacial score (nSPS) is 15.5. The Labute approximate surface area is 162 Å². The number of ether oxygens (including phenoxy) is 1. The van der Waals surface area contributed by atoms with Gasteiger partial charge in [0.15, 0.2) is 5.82 Å². The third-order valence-electron chi connectivity index (χ3n) is 4.27. The zero-order chi connectivity index (χ0) is 20.3. The molecule has 28 heavy (non-hydrogen) atoms. The minimum Gasteiger partial charge on any atom is -0.444 e. The number of hydrogen-bond acceptors (Lipinski definition) is 7. The van der Waals surface area contributed by atoms with Crippen molar-refractivity contribution >= 4 is 11.8 Å². The molecule has 1 saturated heterocycles. The number of benzene rings is 1. The van der Waals surface area contributed by atoms with Crippen molar-refractivity contribution in [1.82, 2.24) is 25.0 Å². The lowest BCUT2D eigenvalue weighted by molar-refractivity contribution is -0.384. The van der Waals surface area contributed by atoms with Gasteiger partial charge in [-0.2, -0.15) is 5.10 Å². The molecule has 0 saturated carbocycles. The molecule has 2 heterocycles. The van der Waals surface area contributed by atoms with Gasteiger partial charge in [0, 0.05) is 43.9 Å². The third-order valence-corrected chi connectivity index (χ3v) is 4.27. The molecule has 150 valence electrons. The minimum absolute atomic E-state index is 0.0300. The molecule has 2 aromatic rings. The van der Waals surface area contributed by atoms with E-state index in [9.17, 15) is 14.9 Å². The number of hydrogen-bond donors (Lipinski definition) is 1. The molecule has 1 aromatic heterocycles. The van der Waals surface area contributed by atoms with Crippen molar-refractivity contribution in [3.63, 3.8) is 0 Å². The highest BCUT2D eigenvalue weighted by molar-refractivity contribution is 5.68. The fourth-order valence-electron chi connectivity index (χ4n) is 2.85. The zero-order valence-electron chi connectivity index (χ0n) is 16.2. The molecule has 3 rings (SSSR count). The van der Waals surface area contributed by atoms with Crippen LogP contribution < -0.4 is 0 Å². The number of rotatable bonds is 4. The number of H-pyrrole nitrogens is 1. The lowest BCUT2D eigenvalue weighted by Crippen LogP contribution is -2.49. The number of carbonyl (C=O) groups is 1. The van der Waals surface area contributed by atoms with Crippen LogP contribution >= 0.6 is 0 Å². The molecule has 0 atom stereocenters. The number of amides is 1. The number of nitro groups is 1. The molecule has 1 aliphatic rings. The number of nitrogens with one attached hydrogen (secondary N) is 1. The summed E-state index contributed by atoms with van der Waals surface area (Å²) in [6, 6.07) is 6.12. The second-order valence-electron chi connectivity index (χ2n) is 7.65. The van der Waals surface area contributed by atoms with E-state index in [2.05, 4.69) is 20.1 Å². The molecule has 10 heteroatoms. The van der Waals surface area contributed by atoms with E-state index in [1.807, 2.05) is 20.8 Å². The largest absolute Gasteiger partial charge is 0.444 e. The Morgan fingerprint density at radius 2 is 1.86 bits per heavy atom. The number of nitrogens with zero attached hydrogens (tertiary/aromatic N) is 5. The molecule has 0 radical (unpaired) electrons. The number of aromatic nitrogens is 3. The number of nitro benzene ring substituents is 1. The molecule has 0 spiro atoms. The molecular weight excluding hydrogens is 364 g/mol. The van der Waals surface area contributed by atoms with Crippen LogP contribution in [0.15, 0.2) is 24.3 Å². The highest BCUT2D eigenvalue weighted by Crippen LogP contribution is 2.19. The van der Waals surface area contributed by atoms with Crippen molar-refractivity contribution < 1.29 is 14.5 Å². The summed E-state index contributed by atoms with van der Waals surface area (Å²) in [6.07, 6.45) is -0.285. The van der Waals surface area contributed by atoms with Crippen LogP contribution in [0.3, 0.4) is 0 Å². The van der Waals surface area contributed by atoms with Crippen LogP contribution in [-0.2, 0) is 11.3 Å². The topological polar surface area (TPSA) is 117 Å². The van der Waals surface area contributed by atoms with E-state index in [0.29, 0.717) is 49.9 Å². The molecule has 1 N–H and O–H groups in total. The van der Waals surface area contributed by atoms with Crippen LogP contribution in [0.1, 0.15) is 26.6 Å². The van der Waals surface area contributed by atoms with Crippen molar-refractivity contribution in [3.8, 4) is 11.4 Å². The van der Waals surface area contributed by atoms with Gasteiger partial charge in [-0.25, -0.2) is 9.78 Å². The Morgan fingerprint density at radius 1 is 1.21 bits per heavy atom. The van der Waals surface area contributed by atoms with Gasteiger partial charge in [-0.15, -0.1) is 0 Å². The summed E-state index contributed by atoms with van der Waals surface area (Å²) in [6.45, 7) is 8.77. The average Bonchev–Trinajstić information content (AvgIpc) is 3.09. The predicted molar refractivity (Wildman–Crippen MR) is 102 cm³/mol. The van der Waals surface area contributed by atoms with Gasteiger partial charge >= 0.3 is 6.09 Å². The van der Waals surface area contributed by atoms with Gasteiger partial charge in [-0.3, -0.25) is 20.1 Å². The first-order valence-corrected chi connectivity index (χ1v) is 9.08. The highest BCUT2D eigenvalue weighted by atomic mass is 16.6. The van der Waals surface area contributed by atoms with Crippen LogP contribution in [0.4, 0.5) is 10.5 Å². The Morgan fingerprint density at radius 3 is 2.43 bits per heavy atom. The number of aromatic amines is 1. The summed E-state index contributed by atoms with van der Waals surface area (Å²) in [5.74, 6) is 1.20. The van der Waals surface area contributed by atoms with Gasteiger partial charge in [0.2, 0.25) is 0 Å². The van der Waals surface area contributed by atoms with Crippen LogP contribution in [0, 0.1) is 10.1 Å². The van der Waals surface area contributed by atoms with E-state index in [1.54, 1.807) is 17.0 Å². The van der Waals surface area contributed by atoms with Crippen molar-refractivity contribution in [2.45, 2.75) is 32.9 Å². The lowest BCUT2D eigenvalue weighted by Gasteiger charge is -2.35. The summed E-state index contributed by atoms with van der Waals surface area (Å²) in [5.41, 5.74) is 0.243. The maximum atomic E-state index is 12.1. The van der Waals surface area contributed by atoms with Crippen molar-refractivity contribution in [2.75, 3.05) is 26.2 Å². The van der Waals surface area contributed by atoms with Crippen LogP contribution in [0.2, 0.25) is 0 Å². The second-order valence-corrected chi connectivity index (χ2v) is 7.65. The Kier molecular flexibility index (Phi) is 5.59. The summed E-state index contributed by atoms with van der Waals surface area (Å²) in [5, 5.41) is 17.8. The second kappa shape index (κ2) is 7.93. The maximum absolute atomic E-state index is 12.1. The predicted octanol–water partition coefficient (Wildman–Crippen LogP) is 2.43. The maximum Gasteiger partial charge on any atom is 0.410 e. The summed E-state index contributed by atoms with van der Waals surface area (Å²) in [7, 11) is 0. The number of carbonyl (C=O) groups excluding carboxylic acids is 1. The van der Waals surface area contributed by atoms with E-state index in [-0.39, 0.29) is 11.8 Å². The van der Waals surface area contributed by atoms with Crippen molar-refractivity contribution in [1.29, 1.82) is 0 Å². The molecule has 0 unspecified atom stereocenters.